The molecule has 0 saturated heterocycles. The van der Waals surface area contributed by atoms with Gasteiger partial charge in [0.25, 0.3) is 10.0 Å². The Kier molecular flexibility index (Phi) is 3.64. The Morgan fingerprint density at radius 3 is 2.39 bits per heavy atom. The van der Waals surface area contributed by atoms with Gasteiger partial charge in [-0.2, -0.15) is 0 Å². The van der Waals surface area contributed by atoms with E-state index in [0.717, 1.165) is 0 Å². The molecule has 94 valence electrons. The maximum atomic E-state index is 12.0. The van der Waals surface area contributed by atoms with Crippen LogP contribution in [0.2, 0.25) is 0 Å². The first-order valence-corrected chi connectivity index (χ1v) is 6.88. The lowest BCUT2D eigenvalue weighted by atomic mass is 10.2. The third kappa shape index (κ3) is 2.88. The van der Waals surface area contributed by atoms with E-state index in [1.165, 1.54) is 12.1 Å². The van der Waals surface area contributed by atoms with Crippen molar-refractivity contribution in [2.75, 3.05) is 4.72 Å². The second-order valence-corrected chi connectivity index (χ2v) is 5.46. The minimum atomic E-state index is -3.57. The number of aliphatic hydroxyl groups is 1. The van der Waals surface area contributed by atoms with Gasteiger partial charge >= 0.3 is 0 Å². The largest absolute Gasteiger partial charge is 0.392 e. The highest BCUT2D eigenvalue weighted by atomic mass is 32.2. The number of nitrogens with one attached hydrogen (secondary N) is 1. The standard InChI is InChI=1S/C13H13NO3S/c15-10-11-5-4-6-12(9-11)14-18(16,17)13-7-2-1-3-8-13/h1-9,14-15H,10H2. The third-order valence-electron chi connectivity index (χ3n) is 2.42. The molecule has 2 aromatic rings. The molecule has 0 aromatic heterocycles. The number of sulfonamides is 1. The van der Waals surface area contributed by atoms with Gasteiger partial charge in [0.05, 0.1) is 11.5 Å². The molecule has 0 saturated carbocycles. The van der Waals surface area contributed by atoms with Crippen LogP contribution in [-0.2, 0) is 16.6 Å². The average Bonchev–Trinajstić information content (AvgIpc) is 2.39. The van der Waals surface area contributed by atoms with Gasteiger partial charge in [-0.15, -0.1) is 0 Å². The fourth-order valence-corrected chi connectivity index (χ4v) is 2.62. The normalized spacial score (nSPS) is 11.2. The van der Waals surface area contributed by atoms with Gasteiger partial charge < -0.3 is 5.11 Å². The van der Waals surface area contributed by atoms with Crippen LogP contribution in [0, 0.1) is 0 Å². The molecule has 2 rings (SSSR count). The summed E-state index contributed by atoms with van der Waals surface area (Å²) in [6, 6.07) is 14.8. The summed E-state index contributed by atoms with van der Waals surface area (Å²) in [5.41, 5.74) is 1.09. The Balaban J connectivity index is 2.28. The molecule has 4 nitrogen and oxygen atoms in total. The van der Waals surface area contributed by atoms with Gasteiger partial charge in [0.1, 0.15) is 0 Å². The minimum absolute atomic E-state index is 0.124. The predicted octanol–water partition coefficient (Wildman–Crippen LogP) is 1.98. The maximum absolute atomic E-state index is 12.0. The van der Waals surface area contributed by atoms with Gasteiger partial charge in [0.15, 0.2) is 0 Å². The van der Waals surface area contributed by atoms with Gasteiger partial charge in [0, 0.05) is 5.69 Å². The van der Waals surface area contributed by atoms with Crippen molar-refractivity contribution in [3.63, 3.8) is 0 Å². The monoisotopic (exact) mass is 263 g/mol. The van der Waals surface area contributed by atoms with Crippen LogP contribution in [0.4, 0.5) is 5.69 Å². The average molecular weight is 263 g/mol. The predicted molar refractivity (Wildman–Crippen MR) is 69.6 cm³/mol. The summed E-state index contributed by atoms with van der Waals surface area (Å²) in [5, 5.41) is 9.00. The topological polar surface area (TPSA) is 66.4 Å². The fourth-order valence-electron chi connectivity index (χ4n) is 1.55. The molecule has 0 aliphatic carbocycles. The van der Waals surface area contributed by atoms with E-state index in [2.05, 4.69) is 4.72 Å². The van der Waals surface area contributed by atoms with Crippen molar-refractivity contribution >= 4 is 15.7 Å². The highest BCUT2D eigenvalue weighted by Gasteiger charge is 2.13. The van der Waals surface area contributed by atoms with E-state index < -0.39 is 10.0 Å². The lowest BCUT2D eigenvalue weighted by molar-refractivity contribution is 0.282. The van der Waals surface area contributed by atoms with Crippen molar-refractivity contribution in [2.45, 2.75) is 11.5 Å². The zero-order valence-corrected chi connectivity index (χ0v) is 10.4. The molecule has 0 amide bonds. The first-order valence-electron chi connectivity index (χ1n) is 5.39. The summed E-state index contributed by atoms with van der Waals surface area (Å²) in [6.45, 7) is -0.124. The summed E-state index contributed by atoms with van der Waals surface area (Å²) in [5.74, 6) is 0. The smallest absolute Gasteiger partial charge is 0.261 e. The van der Waals surface area contributed by atoms with E-state index in [0.29, 0.717) is 11.3 Å². The molecule has 0 spiro atoms. The number of hydrogen-bond donors (Lipinski definition) is 2. The molecule has 2 aromatic carbocycles. The van der Waals surface area contributed by atoms with Gasteiger partial charge in [-0.05, 0) is 29.8 Å². The molecule has 5 heteroatoms. The first kappa shape index (κ1) is 12.6. The van der Waals surface area contributed by atoms with Crippen LogP contribution in [0.25, 0.3) is 0 Å². The molecular weight excluding hydrogens is 250 g/mol. The summed E-state index contributed by atoms with van der Waals surface area (Å²) in [6.07, 6.45) is 0. The fraction of sp³-hybridized carbons (Fsp3) is 0.0769. The van der Waals surface area contributed by atoms with Crippen LogP contribution in [-0.4, -0.2) is 13.5 Å². The SMILES string of the molecule is O=S(=O)(Nc1cccc(CO)c1)c1ccccc1. The molecule has 0 atom stereocenters. The Morgan fingerprint density at radius 1 is 1.00 bits per heavy atom. The summed E-state index contributed by atoms with van der Waals surface area (Å²) < 4.78 is 26.5. The van der Waals surface area contributed by atoms with E-state index in [1.54, 1.807) is 42.5 Å². The van der Waals surface area contributed by atoms with Gasteiger partial charge in [-0.25, -0.2) is 8.42 Å². The van der Waals surface area contributed by atoms with Crippen LogP contribution in [0.5, 0.6) is 0 Å². The number of rotatable bonds is 4. The lowest BCUT2D eigenvalue weighted by Crippen LogP contribution is -2.12. The van der Waals surface area contributed by atoms with E-state index in [4.69, 9.17) is 5.11 Å². The van der Waals surface area contributed by atoms with Gasteiger partial charge in [-0.3, -0.25) is 4.72 Å². The first-order chi connectivity index (χ1) is 8.62. The highest BCUT2D eigenvalue weighted by molar-refractivity contribution is 7.92. The van der Waals surface area contributed by atoms with E-state index in [-0.39, 0.29) is 11.5 Å². The van der Waals surface area contributed by atoms with Crippen molar-refractivity contribution in [1.29, 1.82) is 0 Å². The number of aliphatic hydroxyl groups excluding tert-OH is 1. The van der Waals surface area contributed by atoms with E-state index in [1.807, 2.05) is 0 Å². The van der Waals surface area contributed by atoms with Crippen molar-refractivity contribution in [2.24, 2.45) is 0 Å². The Morgan fingerprint density at radius 2 is 1.72 bits per heavy atom. The number of anilines is 1. The number of hydrogen-bond acceptors (Lipinski definition) is 3. The highest BCUT2D eigenvalue weighted by Crippen LogP contribution is 2.16. The van der Waals surface area contributed by atoms with E-state index >= 15 is 0 Å². The van der Waals surface area contributed by atoms with Crippen LogP contribution < -0.4 is 4.72 Å². The van der Waals surface area contributed by atoms with Crippen molar-refractivity contribution < 1.29 is 13.5 Å². The molecule has 0 bridgehead atoms. The summed E-state index contributed by atoms with van der Waals surface area (Å²) in [7, 11) is -3.57. The van der Waals surface area contributed by atoms with Crippen LogP contribution in [0.1, 0.15) is 5.56 Å². The maximum Gasteiger partial charge on any atom is 0.261 e. The molecule has 0 fully saturated rings. The molecule has 0 aliphatic rings. The molecule has 0 aliphatic heterocycles. The molecular formula is C13H13NO3S. The van der Waals surface area contributed by atoms with Crippen LogP contribution in [0.3, 0.4) is 0 Å². The Bertz CT molecular complexity index is 624. The van der Waals surface area contributed by atoms with Crippen LogP contribution in [0.15, 0.2) is 59.5 Å². The minimum Gasteiger partial charge on any atom is -0.392 e. The second-order valence-electron chi connectivity index (χ2n) is 3.78. The second kappa shape index (κ2) is 5.20. The molecule has 0 unspecified atom stereocenters. The quantitative estimate of drug-likeness (QED) is 0.886. The zero-order valence-electron chi connectivity index (χ0n) is 9.58. The lowest BCUT2D eigenvalue weighted by Gasteiger charge is -2.08. The molecule has 0 heterocycles. The number of benzene rings is 2. The molecule has 18 heavy (non-hydrogen) atoms. The van der Waals surface area contributed by atoms with Crippen molar-refractivity contribution in [3.05, 3.63) is 60.2 Å². The Labute approximate surface area is 106 Å². The van der Waals surface area contributed by atoms with E-state index in [9.17, 15) is 8.42 Å². The molecule has 0 radical (unpaired) electrons. The van der Waals surface area contributed by atoms with Crippen molar-refractivity contribution in [1.82, 2.24) is 0 Å². The van der Waals surface area contributed by atoms with Gasteiger partial charge in [0.2, 0.25) is 0 Å². The van der Waals surface area contributed by atoms with Crippen molar-refractivity contribution in [3.8, 4) is 0 Å². The van der Waals surface area contributed by atoms with Crippen LogP contribution >= 0.6 is 0 Å². The summed E-state index contributed by atoms with van der Waals surface area (Å²) >= 11 is 0. The third-order valence-corrected chi connectivity index (χ3v) is 3.81. The summed E-state index contributed by atoms with van der Waals surface area (Å²) in [4.78, 5) is 0.208. The molecule has 2 N–H and O–H groups in total. The van der Waals surface area contributed by atoms with Gasteiger partial charge in [-0.1, -0.05) is 30.3 Å². The zero-order chi connectivity index (χ0) is 13.0. The Hall–Kier alpha value is -1.85.